The molecule has 2 amide bonds. The summed E-state index contributed by atoms with van der Waals surface area (Å²) in [6.45, 7) is 9.97. The average molecular weight is 260 g/mol. The zero-order chi connectivity index (χ0) is 14.4. The summed E-state index contributed by atoms with van der Waals surface area (Å²) in [5.41, 5.74) is 2.12. The molecule has 0 aromatic heterocycles. The van der Waals surface area contributed by atoms with Crippen LogP contribution in [0.3, 0.4) is 0 Å². The van der Waals surface area contributed by atoms with Gasteiger partial charge in [0.1, 0.15) is 0 Å². The topological polar surface area (TPSA) is 58.2 Å². The maximum Gasteiger partial charge on any atom is 0.251 e. The van der Waals surface area contributed by atoms with Gasteiger partial charge in [0.15, 0.2) is 0 Å². The Balaban J connectivity index is 2.78. The maximum absolute atomic E-state index is 11.9. The summed E-state index contributed by atoms with van der Waals surface area (Å²) in [5, 5.41) is 5.54. The van der Waals surface area contributed by atoms with E-state index in [-0.39, 0.29) is 11.8 Å². The third-order valence-corrected chi connectivity index (χ3v) is 2.60. The molecule has 0 atom stereocenters. The van der Waals surface area contributed by atoms with Gasteiger partial charge in [-0.05, 0) is 42.7 Å². The molecule has 0 aliphatic heterocycles. The molecule has 0 bridgehead atoms. The summed E-state index contributed by atoms with van der Waals surface area (Å²) in [6.07, 6.45) is 1.21. The number of benzene rings is 1. The molecule has 1 rings (SSSR count). The normalized spacial score (nSPS) is 10.1. The first-order valence-electron chi connectivity index (χ1n) is 6.26. The number of rotatable bonds is 5. The fourth-order valence-corrected chi connectivity index (χ4v) is 1.53. The van der Waals surface area contributed by atoms with Crippen LogP contribution in [0, 0.1) is 12.8 Å². The maximum atomic E-state index is 11.9. The molecule has 0 heterocycles. The molecule has 0 fully saturated rings. The van der Waals surface area contributed by atoms with Crippen molar-refractivity contribution in [3.8, 4) is 0 Å². The average Bonchev–Trinajstić information content (AvgIpc) is 2.37. The Morgan fingerprint density at radius 1 is 1.37 bits per heavy atom. The molecule has 0 aliphatic carbocycles. The molecular weight excluding hydrogens is 240 g/mol. The number of anilines is 1. The van der Waals surface area contributed by atoms with E-state index in [0.717, 1.165) is 5.56 Å². The standard InChI is InChI=1S/C15H20N2O2/c1-5-14(18)17-13-7-6-12(8-11(13)4)15(19)16-9-10(2)3/h5-8,10H,1,9H2,2-4H3,(H,16,19)(H,17,18). The van der Waals surface area contributed by atoms with Gasteiger partial charge in [-0.1, -0.05) is 20.4 Å². The van der Waals surface area contributed by atoms with Crippen LogP contribution in [0.15, 0.2) is 30.9 Å². The monoisotopic (exact) mass is 260 g/mol. The first kappa shape index (κ1) is 15.0. The van der Waals surface area contributed by atoms with Crippen LogP contribution in [-0.4, -0.2) is 18.4 Å². The lowest BCUT2D eigenvalue weighted by Crippen LogP contribution is -2.27. The van der Waals surface area contributed by atoms with Crippen molar-refractivity contribution in [3.63, 3.8) is 0 Å². The molecule has 4 nitrogen and oxygen atoms in total. The van der Waals surface area contributed by atoms with Crippen LogP contribution in [0.4, 0.5) is 5.69 Å². The summed E-state index contributed by atoms with van der Waals surface area (Å²) in [6, 6.07) is 5.18. The molecule has 19 heavy (non-hydrogen) atoms. The predicted octanol–water partition coefficient (Wildman–Crippen LogP) is 2.51. The van der Waals surface area contributed by atoms with Crippen LogP contribution in [0.1, 0.15) is 29.8 Å². The van der Waals surface area contributed by atoms with Crippen molar-refractivity contribution in [1.82, 2.24) is 5.32 Å². The molecule has 0 unspecified atom stereocenters. The van der Waals surface area contributed by atoms with Gasteiger partial charge >= 0.3 is 0 Å². The second-order valence-corrected chi connectivity index (χ2v) is 4.83. The van der Waals surface area contributed by atoms with Crippen molar-refractivity contribution in [3.05, 3.63) is 42.0 Å². The van der Waals surface area contributed by atoms with Gasteiger partial charge in [0.2, 0.25) is 5.91 Å². The summed E-state index contributed by atoms with van der Waals surface area (Å²) >= 11 is 0. The molecule has 1 aromatic carbocycles. The van der Waals surface area contributed by atoms with Crippen LogP contribution in [-0.2, 0) is 4.79 Å². The van der Waals surface area contributed by atoms with Gasteiger partial charge in [-0.15, -0.1) is 0 Å². The summed E-state index contributed by atoms with van der Waals surface area (Å²) in [4.78, 5) is 23.1. The largest absolute Gasteiger partial charge is 0.352 e. The molecule has 4 heteroatoms. The molecular formula is C15H20N2O2. The van der Waals surface area contributed by atoms with Crippen LogP contribution in [0.5, 0.6) is 0 Å². The van der Waals surface area contributed by atoms with E-state index in [0.29, 0.717) is 23.7 Å². The number of carbonyl (C=O) groups excluding carboxylic acids is 2. The first-order valence-corrected chi connectivity index (χ1v) is 6.26. The molecule has 0 saturated heterocycles. The number of hydrogen-bond acceptors (Lipinski definition) is 2. The fraction of sp³-hybridized carbons (Fsp3) is 0.333. The number of nitrogens with one attached hydrogen (secondary N) is 2. The lowest BCUT2D eigenvalue weighted by atomic mass is 10.1. The fourth-order valence-electron chi connectivity index (χ4n) is 1.53. The van der Waals surface area contributed by atoms with E-state index in [9.17, 15) is 9.59 Å². The van der Waals surface area contributed by atoms with Gasteiger partial charge in [-0.3, -0.25) is 9.59 Å². The quantitative estimate of drug-likeness (QED) is 0.799. The first-order chi connectivity index (χ1) is 8.93. The van der Waals surface area contributed by atoms with Crippen LogP contribution < -0.4 is 10.6 Å². The van der Waals surface area contributed by atoms with Gasteiger partial charge < -0.3 is 10.6 Å². The molecule has 0 aliphatic rings. The van der Waals surface area contributed by atoms with Gasteiger partial charge in [0.25, 0.3) is 5.91 Å². The highest BCUT2D eigenvalue weighted by Crippen LogP contribution is 2.16. The lowest BCUT2D eigenvalue weighted by molar-refractivity contribution is -0.111. The van der Waals surface area contributed by atoms with Crippen LogP contribution in [0.2, 0.25) is 0 Å². The zero-order valence-corrected chi connectivity index (χ0v) is 11.6. The summed E-state index contributed by atoms with van der Waals surface area (Å²) in [5.74, 6) is 0.0507. The Hall–Kier alpha value is -2.10. The molecule has 2 N–H and O–H groups in total. The lowest BCUT2D eigenvalue weighted by Gasteiger charge is -2.10. The number of hydrogen-bond donors (Lipinski definition) is 2. The third-order valence-electron chi connectivity index (χ3n) is 2.60. The third kappa shape index (κ3) is 4.58. The SMILES string of the molecule is C=CC(=O)Nc1ccc(C(=O)NCC(C)C)cc1C. The van der Waals surface area contributed by atoms with E-state index in [1.165, 1.54) is 6.08 Å². The molecule has 0 radical (unpaired) electrons. The van der Waals surface area contributed by atoms with Crippen LogP contribution in [0.25, 0.3) is 0 Å². The van der Waals surface area contributed by atoms with Gasteiger partial charge in [0.05, 0.1) is 0 Å². The Bertz CT molecular complexity index is 493. The second kappa shape index (κ2) is 6.73. The smallest absolute Gasteiger partial charge is 0.251 e. The molecule has 102 valence electrons. The van der Waals surface area contributed by atoms with E-state index < -0.39 is 0 Å². The van der Waals surface area contributed by atoms with E-state index in [1.54, 1.807) is 18.2 Å². The minimum absolute atomic E-state index is 0.0987. The van der Waals surface area contributed by atoms with Crippen molar-refractivity contribution in [1.29, 1.82) is 0 Å². The molecule has 0 spiro atoms. The number of amides is 2. The van der Waals surface area contributed by atoms with Crippen molar-refractivity contribution >= 4 is 17.5 Å². The molecule has 0 saturated carbocycles. The summed E-state index contributed by atoms with van der Waals surface area (Å²) in [7, 11) is 0. The highest BCUT2D eigenvalue weighted by molar-refractivity contribution is 6.00. The Morgan fingerprint density at radius 3 is 2.58 bits per heavy atom. The van der Waals surface area contributed by atoms with Crippen molar-refractivity contribution in [2.45, 2.75) is 20.8 Å². The van der Waals surface area contributed by atoms with E-state index in [2.05, 4.69) is 17.2 Å². The summed E-state index contributed by atoms with van der Waals surface area (Å²) < 4.78 is 0. The van der Waals surface area contributed by atoms with Gasteiger partial charge in [-0.2, -0.15) is 0 Å². The number of carbonyl (C=O) groups is 2. The van der Waals surface area contributed by atoms with Crippen molar-refractivity contribution in [2.24, 2.45) is 5.92 Å². The van der Waals surface area contributed by atoms with Gasteiger partial charge in [0, 0.05) is 17.8 Å². The van der Waals surface area contributed by atoms with Crippen molar-refractivity contribution < 1.29 is 9.59 Å². The second-order valence-electron chi connectivity index (χ2n) is 4.83. The Morgan fingerprint density at radius 2 is 2.05 bits per heavy atom. The molecule has 1 aromatic rings. The minimum Gasteiger partial charge on any atom is -0.352 e. The minimum atomic E-state index is -0.264. The van der Waals surface area contributed by atoms with Crippen molar-refractivity contribution in [2.75, 3.05) is 11.9 Å². The predicted molar refractivity (Wildman–Crippen MR) is 77.2 cm³/mol. The highest BCUT2D eigenvalue weighted by atomic mass is 16.2. The van der Waals surface area contributed by atoms with E-state index in [1.807, 2.05) is 20.8 Å². The van der Waals surface area contributed by atoms with Crippen LogP contribution >= 0.6 is 0 Å². The Kier molecular flexibility index (Phi) is 5.30. The number of aryl methyl sites for hydroxylation is 1. The van der Waals surface area contributed by atoms with E-state index >= 15 is 0 Å². The Labute approximate surface area is 113 Å². The highest BCUT2D eigenvalue weighted by Gasteiger charge is 2.08. The van der Waals surface area contributed by atoms with E-state index in [4.69, 9.17) is 0 Å². The van der Waals surface area contributed by atoms with Gasteiger partial charge in [-0.25, -0.2) is 0 Å². The zero-order valence-electron chi connectivity index (χ0n) is 11.6.